The fourth-order valence-electron chi connectivity index (χ4n) is 2.53. The topological polar surface area (TPSA) is 49.4 Å². The third-order valence-corrected chi connectivity index (χ3v) is 4.50. The van der Waals surface area contributed by atoms with Gasteiger partial charge in [-0.05, 0) is 49.1 Å². The van der Waals surface area contributed by atoms with Crippen LogP contribution in [0, 0.1) is 0 Å². The first-order valence-electron chi connectivity index (χ1n) is 6.92. The molecule has 108 valence electrons. The minimum Gasteiger partial charge on any atom is -0.321 e. The molecule has 0 spiro atoms. The molecule has 5 heteroatoms. The lowest BCUT2D eigenvalue weighted by Crippen LogP contribution is -2.30. The molecule has 1 aliphatic heterocycles. The Hall–Kier alpha value is -2.14. The zero-order chi connectivity index (χ0) is 14.8. The van der Waals surface area contributed by atoms with E-state index < -0.39 is 0 Å². The highest BCUT2D eigenvalue weighted by molar-refractivity contribution is 7.12. The van der Waals surface area contributed by atoms with Crippen molar-refractivity contribution in [2.24, 2.45) is 0 Å². The van der Waals surface area contributed by atoms with Gasteiger partial charge < -0.3 is 10.2 Å². The molecule has 0 saturated carbocycles. The van der Waals surface area contributed by atoms with Crippen LogP contribution in [0.4, 0.5) is 11.4 Å². The average molecular weight is 300 g/mol. The molecule has 1 saturated heterocycles. The number of hydrogen-bond donors (Lipinski definition) is 1. The van der Waals surface area contributed by atoms with Gasteiger partial charge in [0.05, 0.1) is 4.88 Å². The number of nitrogens with zero attached hydrogens (tertiary/aromatic N) is 1. The summed E-state index contributed by atoms with van der Waals surface area (Å²) in [7, 11) is 0. The Labute approximate surface area is 127 Å². The number of rotatable bonds is 3. The molecule has 0 radical (unpaired) electrons. The van der Waals surface area contributed by atoms with Gasteiger partial charge in [-0.1, -0.05) is 6.07 Å². The van der Waals surface area contributed by atoms with E-state index in [0.717, 1.165) is 17.8 Å². The Balaban J connectivity index is 1.72. The van der Waals surface area contributed by atoms with Crippen LogP contribution in [0.1, 0.15) is 29.4 Å². The molecule has 21 heavy (non-hydrogen) atoms. The number of nitrogens with one attached hydrogen (secondary N) is 1. The zero-order valence-corrected chi connectivity index (χ0v) is 12.5. The van der Waals surface area contributed by atoms with E-state index in [1.165, 1.54) is 11.3 Å². The van der Waals surface area contributed by atoms with Gasteiger partial charge in [-0.25, -0.2) is 0 Å². The standard InChI is InChI=1S/C16H16N2O2S/c1-11-4-9-15(19)18(11)13-7-5-12(6-8-13)17-16(20)14-3-2-10-21-14/h2-3,5-8,10-11H,4,9H2,1H3,(H,17,20). The largest absolute Gasteiger partial charge is 0.321 e. The van der Waals surface area contributed by atoms with Crippen molar-refractivity contribution in [2.45, 2.75) is 25.8 Å². The van der Waals surface area contributed by atoms with Gasteiger partial charge in [-0.15, -0.1) is 11.3 Å². The number of anilines is 2. The summed E-state index contributed by atoms with van der Waals surface area (Å²) in [6.07, 6.45) is 1.51. The lowest BCUT2D eigenvalue weighted by molar-refractivity contribution is -0.117. The Morgan fingerprint density at radius 1 is 1.29 bits per heavy atom. The molecular weight excluding hydrogens is 284 g/mol. The first kappa shape index (κ1) is 13.8. The maximum atomic E-state index is 12.0. The first-order valence-corrected chi connectivity index (χ1v) is 7.80. The van der Waals surface area contributed by atoms with E-state index in [0.29, 0.717) is 11.3 Å². The van der Waals surface area contributed by atoms with E-state index in [9.17, 15) is 9.59 Å². The van der Waals surface area contributed by atoms with Crippen LogP contribution in [-0.4, -0.2) is 17.9 Å². The molecule has 1 aliphatic rings. The van der Waals surface area contributed by atoms with E-state index in [1.54, 1.807) is 6.07 Å². The molecule has 2 amide bonds. The van der Waals surface area contributed by atoms with Gasteiger partial charge in [0.25, 0.3) is 5.91 Å². The molecule has 1 unspecified atom stereocenters. The predicted octanol–water partition coefficient (Wildman–Crippen LogP) is 3.52. The van der Waals surface area contributed by atoms with Crippen LogP contribution in [0.25, 0.3) is 0 Å². The minimum absolute atomic E-state index is 0.108. The third kappa shape index (κ3) is 2.83. The maximum Gasteiger partial charge on any atom is 0.265 e. The summed E-state index contributed by atoms with van der Waals surface area (Å²) in [5.74, 6) is 0.0567. The smallest absolute Gasteiger partial charge is 0.265 e. The fourth-order valence-corrected chi connectivity index (χ4v) is 3.15. The maximum absolute atomic E-state index is 12.0. The number of carbonyl (C=O) groups is 2. The molecule has 1 aromatic carbocycles. The van der Waals surface area contributed by atoms with Gasteiger partial charge in [0.2, 0.25) is 5.91 Å². The van der Waals surface area contributed by atoms with Crippen LogP contribution in [0.2, 0.25) is 0 Å². The summed E-state index contributed by atoms with van der Waals surface area (Å²) >= 11 is 1.41. The van der Waals surface area contributed by atoms with Crippen molar-refractivity contribution in [1.82, 2.24) is 0 Å². The highest BCUT2D eigenvalue weighted by atomic mass is 32.1. The van der Waals surface area contributed by atoms with Crippen molar-refractivity contribution < 1.29 is 9.59 Å². The number of thiophene rings is 1. The van der Waals surface area contributed by atoms with Crippen molar-refractivity contribution in [3.8, 4) is 0 Å². The lowest BCUT2D eigenvalue weighted by Gasteiger charge is -2.21. The molecule has 1 atom stereocenters. The summed E-state index contributed by atoms with van der Waals surface area (Å²) in [6, 6.07) is 11.3. The van der Waals surface area contributed by atoms with Crippen LogP contribution >= 0.6 is 11.3 Å². The van der Waals surface area contributed by atoms with Gasteiger partial charge >= 0.3 is 0 Å². The van der Waals surface area contributed by atoms with Crippen molar-refractivity contribution in [3.05, 3.63) is 46.7 Å². The van der Waals surface area contributed by atoms with E-state index in [4.69, 9.17) is 0 Å². The van der Waals surface area contributed by atoms with E-state index in [2.05, 4.69) is 12.2 Å². The van der Waals surface area contributed by atoms with Crippen LogP contribution in [0.15, 0.2) is 41.8 Å². The number of hydrogen-bond acceptors (Lipinski definition) is 3. The highest BCUT2D eigenvalue weighted by Gasteiger charge is 2.28. The Kier molecular flexibility index (Phi) is 3.75. The number of carbonyl (C=O) groups excluding carboxylic acids is 2. The Morgan fingerprint density at radius 3 is 2.62 bits per heavy atom. The SMILES string of the molecule is CC1CCC(=O)N1c1ccc(NC(=O)c2cccs2)cc1. The summed E-state index contributed by atoms with van der Waals surface area (Å²) in [5.41, 5.74) is 1.62. The number of amides is 2. The molecule has 0 bridgehead atoms. The molecular formula is C16H16N2O2S. The number of benzene rings is 1. The molecule has 2 aromatic rings. The molecule has 1 aromatic heterocycles. The van der Waals surface area contributed by atoms with Crippen molar-refractivity contribution in [2.75, 3.05) is 10.2 Å². The molecule has 0 aliphatic carbocycles. The monoisotopic (exact) mass is 300 g/mol. The quantitative estimate of drug-likeness (QED) is 0.943. The second-order valence-corrected chi connectivity index (χ2v) is 6.08. The molecule has 4 nitrogen and oxygen atoms in total. The zero-order valence-electron chi connectivity index (χ0n) is 11.7. The average Bonchev–Trinajstić information content (AvgIpc) is 3.11. The summed E-state index contributed by atoms with van der Waals surface area (Å²) in [4.78, 5) is 26.3. The van der Waals surface area contributed by atoms with Crippen LogP contribution < -0.4 is 10.2 Å². The molecule has 2 heterocycles. The van der Waals surface area contributed by atoms with E-state index in [-0.39, 0.29) is 17.9 Å². The van der Waals surface area contributed by atoms with E-state index in [1.807, 2.05) is 40.6 Å². The van der Waals surface area contributed by atoms with Gasteiger partial charge in [-0.2, -0.15) is 0 Å². The second-order valence-electron chi connectivity index (χ2n) is 5.13. The van der Waals surface area contributed by atoms with Gasteiger partial charge in [0, 0.05) is 23.8 Å². The summed E-state index contributed by atoms with van der Waals surface area (Å²) in [5, 5.41) is 4.73. The van der Waals surface area contributed by atoms with Crippen molar-refractivity contribution >= 4 is 34.5 Å². The minimum atomic E-state index is -0.108. The van der Waals surface area contributed by atoms with Gasteiger partial charge in [-0.3, -0.25) is 9.59 Å². The Bertz CT molecular complexity index is 649. The second kappa shape index (κ2) is 5.69. The first-order chi connectivity index (χ1) is 10.1. The van der Waals surface area contributed by atoms with Crippen LogP contribution in [-0.2, 0) is 4.79 Å². The highest BCUT2D eigenvalue weighted by Crippen LogP contribution is 2.27. The van der Waals surface area contributed by atoms with Gasteiger partial charge in [0.1, 0.15) is 0 Å². The predicted molar refractivity (Wildman–Crippen MR) is 84.9 cm³/mol. The van der Waals surface area contributed by atoms with Crippen molar-refractivity contribution in [1.29, 1.82) is 0 Å². The fraction of sp³-hybridized carbons (Fsp3) is 0.250. The van der Waals surface area contributed by atoms with E-state index >= 15 is 0 Å². The van der Waals surface area contributed by atoms with Gasteiger partial charge in [0.15, 0.2) is 0 Å². The summed E-state index contributed by atoms with van der Waals surface area (Å²) in [6.45, 7) is 2.05. The third-order valence-electron chi connectivity index (χ3n) is 3.63. The van der Waals surface area contributed by atoms with Crippen LogP contribution in [0.5, 0.6) is 0 Å². The lowest BCUT2D eigenvalue weighted by atomic mass is 10.2. The Morgan fingerprint density at radius 2 is 2.05 bits per heavy atom. The van der Waals surface area contributed by atoms with Crippen molar-refractivity contribution in [3.63, 3.8) is 0 Å². The summed E-state index contributed by atoms with van der Waals surface area (Å²) < 4.78 is 0. The molecule has 1 N–H and O–H groups in total. The van der Waals surface area contributed by atoms with Crippen LogP contribution in [0.3, 0.4) is 0 Å². The molecule has 1 fully saturated rings. The molecule has 3 rings (SSSR count). The normalized spacial score (nSPS) is 18.0.